The largest absolute Gasteiger partial charge is 0.507 e. The SMILES string of the molecule is CCC(C)(C)C(=O)OC1COC(=O)C1.CCC(C)(C)C(=O)OCOC1Cc2ccccc2C1.CCC(C)(C)C(=O)Oc1cccc2c(O)cccc12. The average molecular weight is 721 g/mol. The molecule has 5 rings (SSSR count). The van der Waals surface area contributed by atoms with Crippen molar-refractivity contribution in [3.63, 3.8) is 0 Å². The molecule has 2 aliphatic rings. The van der Waals surface area contributed by atoms with Crippen LogP contribution in [0.1, 0.15) is 99.1 Å². The van der Waals surface area contributed by atoms with Crippen LogP contribution in [-0.2, 0) is 51.0 Å². The highest BCUT2D eigenvalue weighted by Crippen LogP contribution is 2.33. The summed E-state index contributed by atoms with van der Waals surface area (Å²) in [5.41, 5.74) is 1.26. The lowest BCUT2D eigenvalue weighted by molar-refractivity contribution is -0.170. The van der Waals surface area contributed by atoms with Crippen LogP contribution in [0.4, 0.5) is 0 Å². The lowest BCUT2D eigenvalue weighted by Gasteiger charge is -2.22. The monoisotopic (exact) mass is 720 g/mol. The first kappa shape index (κ1) is 42.0. The van der Waals surface area contributed by atoms with E-state index >= 15 is 0 Å². The van der Waals surface area contributed by atoms with Crippen molar-refractivity contribution in [3.8, 4) is 11.5 Å². The Bertz CT molecular complexity index is 1660. The number of aromatic hydroxyl groups is 1. The number of carbonyl (C=O) groups excluding carboxylic acids is 4. The van der Waals surface area contributed by atoms with Gasteiger partial charge in [0, 0.05) is 10.8 Å². The Kier molecular flexibility index (Phi) is 14.8. The van der Waals surface area contributed by atoms with Gasteiger partial charge in [0.05, 0.1) is 28.8 Å². The van der Waals surface area contributed by atoms with Crippen LogP contribution >= 0.6 is 0 Å². The summed E-state index contributed by atoms with van der Waals surface area (Å²) in [6, 6.07) is 18.8. The first-order valence-corrected chi connectivity index (χ1v) is 18.1. The molecule has 3 aromatic carbocycles. The predicted octanol–water partition coefficient (Wildman–Crippen LogP) is 8.28. The number of benzene rings is 3. The summed E-state index contributed by atoms with van der Waals surface area (Å²) in [5, 5.41) is 11.2. The zero-order valence-corrected chi connectivity index (χ0v) is 32.2. The quantitative estimate of drug-likeness (QED) is 0.0893. The van der Waals surface area contributed by atoms with Gasteiger partial charge in [-0.25, -0.2) is 0 Å². The van der Waals surface area contributed by atoms with Crippen molar-refractivity contribution in [1.82, 2.24) is 0 Å². The van der Waals surface area contributed by atoms with E-state index in [4.69, 9.17) is 23.7 Å². The number of hydrogen-bond donors (Lipinski definition) is 1. The average Bonchev–Trinajstić information content (AvgIpc) is 3.74. The Hall–Kier alpha value is -4.44. The van der Waals surface area contributed by atoms with Crippen LogP contribution in [0.2, 0.25) is 0 Å². The van der Waals surface area contributed by atoms with E-state index in [-0.39, 0.29) is 61.7 Å². The van der Waals surface area contributed by atoms with Gasteiger partial charge >= 0.3 is 23.9 Å². The first-order valence-electron chi connectivity index (χ1n) is 18.1. The second-order valence-electron chi connectivity index (χ2n) is 15.2. The summed E-state index contributed by atoms with van der Waals surface area (Å²) in [6.07, 6.45) is 3.94. The highest BCUT2D eigenvalue weighted by atomic mass is 16.7. The van der Waals surface area contributed by atoms with Gasteiger partial charge in [0.25, 0.3) is 0 Å². The predicted molar refractivity (Wildman–Crippen MR) is 199 cm³/mol. The van der Waals surface area contributed by atoms with E-state index in [1.807, 2.05) is 80.5 Å². The molecule has 1 saturated heterocycles. The van der Waals surface area contributed by atoms with E-state index in [2.05, 4.69) is 12.1 Å². The number of carbonyl (C=O) groups is 4. The van der Waals surface area contributed by atoms with Crippen LogP contribution in [0.25, 0.3) is 10.8 Å². The molecule has 1 aliphatic carbocycles. The maximum absolute atomic E-state index is 12.1. The van der Waals surface area contributed by atoms with Gasteiger partial charge in [-0.3, -0.25) is 19.2 Å². The molecule has 1 heterocycles. The fourth-order valence-electron chi connectivity index (χ4n) is 4.92. The maximum atomic E-state index is 12.1. The summed E-state index contributed by atoms with van der Waals surface area (Å²) in [7, 11) is 0. The maximum Gasteiger partial charge on any atom is 0.316 e. The second-order valence-corrected chi connectivity index (χ2v) is 15.2. The van der Waals surface area contributed by atoms with Crippen molar-refractivity contribution in [2.75, 3.05) is 13.4 Å². The molecule has 1 aliphatic heterocycles. The molecule has 1 atom stereocenters. The van der Waals surface area contributed by atoms with E-state index in [1.165, 1.54) is 11.1 Å². The van der Waals surface area contributed by atoms with Crippen molar-refractivity contribution < 1.29 is 48.0 Å². The van der Waals surface area contributed by atoms with Crippen molar-refractivity contribution in [2.24, 2.45) is 16.2 Å². The van der Waals surface area contributed by atoms with E-state index in [0.717, 1.165) is 24.6 Å². The summed E-state index contributed by atoms with van der Waals surface area (Å²) in [5.74, 6) is -0.332. The van der Waals surface area contributed by atoms with Crippen molar-refractivity contribution in [1.29, 1.82) is 0 Å². The number of hydrogen-bond acceptors (Lipinski definition) is 10. The highest BCUT2D eigenvalue weighted by molar-refractivity contribution is 5.94. The molecule has 0 saturated carbocycles. The van der Waals surface area contributed by atoms with Crippen LogP contribution < -0.4 is 4.74 Å². The number of phenolic OH excluding ortho intramolecular Hbond substituents is 1. The van der Waals surface area contributed by atoms with Gasteiger partial charge in [0.2, 0.25) is 0 Å². The fourth-order valence-corrected chi connectivity index (χ4v) is 4.92. The van der Waals surface area contributed by atoms with E-state index in [1.54, 1.807) is 30.3 Å². The number of esters is 4. The minimum absolute atomic E-state index is 0.0565. The van der Waals surface area contributed by atoms with Gasteiger partial charge in [0.15, 0.2) is 6.79 Å². The molecule has 1 N–H and O–H groups in total. The first-order chi connectivity index (χ1) is 24.4. The van der Waals surface area contributed by atoms with Gasteiger partial charge in [-0.2, -0.15) is 0 Å². The Balaban J connectivity index is 0.000000213. The molecular formula is C42H56O10. The summed E-state index contributed by atoms with van der Waals surface area (Å²) >= 11 is 0. The molecule has 0 aromatic heterocycles. The van der Waals surface area contributed by atoms with Crippen LogP contribution in [0, 0.1) is 16.2 Å². The number of cyclic esters (lactones) is 1. The van der Waals surface area contributed by atoms with Crippen LogP contribution in [0.5, 0.6) is 11.5 Å². The number of ether oxygens (including phenoxy) is 5. The smallest absolute Gasteiger partial charge is 0.316 e. The zero-order chi connectivity index (χ0) is 38.7. The standard InChI is InChI=1S/C16H18O3.C16H22O3.C10H16O4/c1-4-16(2,3)15(18)19-14-10-6-7-11-12(14)8-5-9-13(11)17;1-4-16(2,3)15(17)19-11-18-14-9-12-7-5-6-8-13(12)10-14;1-4-10(2,3)9(12)14-7-5-8(11)13-6-7/h5-10,17H,4H2,1-3H3;5-8,14H,4,9-11H2,1-3H3;7H,4-6H2,1-3H3. The lowest BCUT2D eigenvalue weighted by Crippen LogP contribution is -2.30. The van der Waals surface area contributed by atoms with Crippen LogP contribution in [0.15, 0.2) is 60.7 Å². The fraction of sp³-hybridized carbons (Fsp3) is 0.524. The van der Waals surface area contributed by atoms with Gasteiger partial charge in [-0.1, -0.05) is 69.3 Å². The van der Waals surface area contributed by atoms with Gasteiger partial charge < -0.3 is 28.8 Å². The van der Waals surface area contributed by atoms with Crippen molar-refractivity contribution in [2.45, 2.75) is 113 Å². The second kappa shape index (κ2) is 18.4. The Morgan fingerprint density at radius 2 is 1.23 bits per heavy atom. The number of phenols is 1. The Labute approximate surface area is 308 Å². The zero-order valence-electron chi connectivity index (χ0n) is 32.2. The molecule has 0 bridgehead atoms. The third kappa shape index (κ3) is 11.5. The minimum Gasteiger partial charge on any atom is -0.507 e. The van der Waals surface area contributed by atoms with E-state index in [9.17, 15) is 24.3 Å². The molecule has 1 fully saturated rings. The molecular weight excluding hydrogens is 664 g/mol. The summed E-state index contributed by atoms with van der Waals surface area (Å²) in [6.45, 7) is 17.3. The third-order valence-electron chi connectivity index (χ3n) is 9.98. The summed E-state index contributed by atoms with van der Waals surface area (Å²) < 4.78 is 26.2. The molecule has 10 nitrogen and oxygen atoms in total. The topological polar surface area (TPSA) is 135 Å². The molecule has 0 radical (unpaired) electrons. The van der Waals surface area contributed by atoms with E-state index < -0.39 is 16.2 Å². The van der Waals surface area contributed by atoms with Gasteiger partial charge in [-0.15, -0.1) is 0 Å². The minimum atomic E-state index is -0.515. The lowest BCUT2D eigenvalue weighted by atomic mass is 9.90. The van der Waals surface area contributed by atoms with E-state index in [0.29, 0.717) is 24.0 Å². The molecule has 1 unspecified atom stereocenters. The molecule has 10 heteroatoms. The Morgan fingerprint density at radius 3 is 1.79 bits per heavy atom. The molecule has 0 spiro atoms. The normalized spacial score (nSPS) is 15.7. The molecule has 3 aromatic rings. The molecule has 0 amide bonds. The number of rotatable bonds is 11. The number of fused-ring (bicyclic) bond motifs is 2. The van der Waals surface area contributed by atoms with Gasteiger partial charge in [0.1, 0.15) is 24.2 Å². The van der Waals surface area contributed by atoms with Gasteiger partial charge in [-0.05, 0) is 96.9 Å². The van der Waals surface area contributed by atoms with Crippen LogP contribution in [0.3, 0.4) is 0 Å². The molecule has 52 heavy (non-hydrogen) atoms. The Morgan fingerprint density at radius 1 is 0.692 bits per heavy atom. The molecule has 284 valence electrons. The van der Waals surface area contributed by atoms with Crippen LogP contribution in [-0.4, -0.2) is 54.6 Å². The van der Waals surface area contributed by atoms with Crippen molar-refractivity contribution >= 4 is 34.6 Å². The third-order valence-corrected chi connectivity index (χ3v) is 9.98. The summed E-state index contributed by atoms with van der Waals surface area (Å²) in [4.78, 5) is 46.2. The van der Waals surface area contributed by atoms with Crippen molar-refractivity contribution in [3.05, 3.63) is 71.8 Å². The highest BCUT2D eigenvalue weighted by Gasteiger charge is 2.34.